The first-order valence-electron chi connectivity index (χ1n) is 4.08. The average molecular weight is 165 g/mol. The first-order chi connectivity index (χ1) is 5.86. The summed E-state index contributed by atoms with van der Waals surface area (Å²) in [6.07, 6.45) is 3.56. The first kappa shape index (κ1) is 7.34. The summed E-state index contributed by atoms with van der Waals surface area (Å²) in [5.41, 5.74) is 0.904. The highest BCUT2D eigenvalue weighted by atomic mass is 16.5. The van der Waals surface area contributed by atoms with Crippen LogP contribution in [0.1, 0.15) is 18.5 Å². The van der Waals surface area contributed by atoms with Gasteiger partial charge in [0, 0.05) is 19.0 Å². The smallest absolute Gasteiger partial charge is 0.124 e. The summed E-state index contributed by atoms with van der Waals surface area (Å²) in [7, 11) is 0. The summed E-state index contributed by atoms with van der Waals surface area (Å²) in [5, 5.41) is 11.4. The molecule has 0 radical (unpaired) electrons. The van der Waals surface area contributed by atoms with Crippen LogP contribution in [0, 0.1) is 5.41 Å². The van der Waals surface area contributed by atoms with Crippen molar-refractivity contribution >= 4 is 5.84 Å². The minimum atomic E-state index is 0.718. The molecule has 0 saturated carbocycles. The zero-order chi connectivity index (χ0) is 8.39. The van der Waals surface area contributed by atoms with Crippen LogP contribution in [0.3, 0.4) is 0 Å². The summed E-state index contributed by atoms with van der Waals surface area (Å²) < 4.78 is 4.71. The number of rotatable bonds is 2. The highest BCUT2D eigenvalue weighted by Gasteiger charge is 2.17. The van der Waals surface area contributed by atoms with E-state index in [1.54, 1.807) is 6.26 Å². The zero-order valence-electron chi connectivity index (χ0n) is 6.79. The predicted octanol–water partition coefficient (Wildman–Crippen LogP) is 1.25. The van der Waals surface area contributed by atoms with E-state index < -0.39 is 0 Å². The molecule has 0 atom stereocenters. The molecule has 1 fully saturated rings. The molecule has 1 N–H and O–H groups in total. The van der Waals surface area contributed by atoms with E-state index in [4.69, 9.17) is 9.93 Å². The van der Waals surface area contributed by atoms with Crippen molar-refractivity contribution in [3.8, 4) is 0 Å². The van der Waals surface area contributed by atoms with E-state index in [2.05, 4.69) is 5.16 Å². The zero-order valence-corrected chi connectivity index (χ0v) is 6.79. The molecule has 0 amide bonds. The number of hydrogen-bond donors (Lipinski definition) is 1. The van der Waals surface area contributed by atoms with Crippen LogP contribution < -0.4 is 0 Å². The summed E-state index contributed by atoms with van der Waals surface area (Å²) >= 11 is 0. The van der Waals surface area contributed by atoms with Gasteiger partial charge < -0.3 is 9.42 Å². The third kappa shape index (κ3) is 1.32. The minimum Gasteiger partial charge on any atom is -0.364 e. The van der Waals surface area contributed by atoms with Crippen molar-refractivity contribution in [3.63, 3.8) is 0 Å². The monoisotopic (exact) mass is 165 g/mol. The average Bonchev–Trinajstić information content (AvgIpc) is 2.65. The highest BCUT2D eigenvalue weighted by molar-refractivity contribution is 5.80. The lowest BCUT2D eigenvalue weighted by molar-refractivity contribution is 0.383. The van der Waals surface area contributed by atoms with Crippen molar-refractivity contribution in [1.29, 1.82) is 5.41 Å². The van der Waals surface area contributed by atoms with E-state index in [9.17, 15) is 0 Å². The van der Waals surface area contributed by atoms with Crippen molar-refractivity contribution in [2.45, 2.75) is 19.4 Å². The van der Waals surface area contributed by atoms with Crippen LogP contribution in [-0.4, -0.2) is 22.4 Å². The van der Waals surface area contributed by atoms with Crippen LogP contribution in [0.4, 0.5) is 0 Å². The van der Waals surface area contributed by atoms with E-state index >= 15 is 0 Å². The number of nitrogens with zero attached hydrogens (tertiary/aromatic N) is 2. The molecule has 2 rings (SSSR count). The third-order valence-corrected chi connectivity index (χ3v) is 2.07. The fourth-order valence-electron chi connectivity index (χ4n) is 1.42. The molecule has 0 unspecified atom stereocenters. The lowest BCUT2D eigenvalue weighted by Gasteiger charge is -2.14. The van der Waals surface area contributed by atoms with Gasteiger partial charge in [0.25, 0.3) is 0 Å². The summed E-state index contributed by atoms with van der Waals surface area (Å²) in [4.78, 5) is 2.03. The van der Waals surface area contributed by atoms with Gasteiger partial charge in [-0.1, -0.05) is 5.16 Å². The Morgan fingerprint density at radius 1 is 1.67 bits per heavy atom. The summed E-state index contributed by atoms with van der Waals surface area (Å²) in [6, 6.07) is 1.84. The van der Waals surface area contributed by atoms with Gasteiger partial charge in [0.15, 0.2) is 0 Å². The highest BCUT2D eigenvalue weighted by Crippen LogP contribution is 2.12. The molecular formula is C8H11N3O. The van der Waals surface area contributed by atoms with Crippen molar-refractivity contribution in [2.24, 2.45) is 0 Å². The molecule has 1 aromatic heterocycles. The van der Waals surface area contributed by atoms with E-state index in [1.165, 1.54) is 0 Å². The molecule has 2 heterocycles. The number of likely N-dealkylation sites (tertiary alicyclic amines) is 1. The Morgan fingerprint density at radius 2 is 2.58 bits per heavy atom. The van der Waals surface area contributed by atoms with Crippen molar-refractivity contribution in [3.05, 3.63) is 18.0 Å². The molecule has 1 aliphatic rings. The van der Waals surface area contributed by atoms with Crippen LogP contribution in [0.5, 0.6) is 0 Å². The van der Waals surface area contributed by atoms with Gasteiger partial charge in [-0.2, -0.15) is 0 Å². The van der Waals surface area contributed by atoms with E-state index in [-0.39, 0.29) is 0 Å². The van der Waals surface area contributed by atoms with Crippen molar-refractivity contribution < 1.29 is 4.52 Å². The Labute approximate surface area is 70.7 Å². The van der Waals surface area contributed by atoms with Crippen LogP contribution in [0.25, 0.3) is 0 Å². The van der Waals surface area contributed by atoms with Gasteiger partial charge in [-0.25, -0.2) is 0 Å². The maximum absolute atomic E-state index is 7.58. The normalized spacial score (nSPS) is 17.3. The lowest BCUT2D eigenvalue weighted by atomic mass is 10.4. The molecule has 1 saturated heterocycles. The number of hydrogen-bond acceptors (Lipinski definition) is 3. The topological polar surface area (TPSA) is 53.1 Å². The van der Waals surface area contributed by atoms with Gasteiger partial charge >= 0.3 is 0 Å². The van der Waals surface area contributed by atoms with E-state index in [0.717, 1.165) is 37.5 Å². The third-order valence-electron chi connectivity index (χ3n) is 2.07. The Morgan fingerprint density at radius 3 is 3.17 bits per heavy atom. The van der Waals surface area contributed by atoms with Crippen LogP contribution in [-0.2, 0) is 6.54 Å². The van der Waals surface area contributed by atoms with Gasteiger partial charge in [0.2, 0.25) is 0 Å². The summed E-state index contributed by atoms with van der Waals surface area (Å²) in [5.74, 6) is 0.720. The number of nitrogens with one attached hydrogen (secondary N) is 1. The molecule has 0 bridgehead atoms. The maximum atomic E-state index is 7.58. The molecule has 0 spiro atoms. The second-order valence-corrected chi connectivity index (χ2v) is 2.96. The fourth-order valence-corrected chi connectivity index (χ4v) is 1.42. The summed E-state index contributed by atoms with van der Waals surface area (Å²) in [6.45, 7) is 1.70. The Bertz CT molecular complexity index is 268. The van der Waals surface area contributed by atoms with Crippen LogP contribution in [0.15, 0.2) is 16.9 Å². The SMILES string of the molecule is N=C1CCCN1Cc1ccon1. The molecule has 12 heavy (non-hydrogen) atoms. The predicted molar refractivity (Wildman–Crippen MR) is 43.9 cm³/mol. The van der Waals surface area contributed by atoms with Gasteiger partial charge in [-0.3, -0.25) is 5.41 Å². The second kappa shape index (κ2) is 2.97. The fraction of sp³-hybridized carbons (Fsp3) is 0.500. The molecule has 64 valence electrons. The van der Waals surface area contributed by atoms with E-state index in [0.29, 0.717) is 0 Å². The number of aromatic nitrogens is 1. The molecule has 1 aromatic rings. The Kier molecular flexibility index (Phi) is 1.81. The van der Waals surface area contributed by atoms with Gasteiger partial charge in [0.05, 0.1) is 12.4 Å². The van der Waals surface area contributed by atoms with Crippen molar-refractivity contribution in [2.75, 3.05) is 6.54 Å². The van der Waals surface area contributed by atoms with Crippen LogP contribution >= 0.6 is 0 Å². The van der Waals surface area contributed by atoms with Crippen LogP contribution in [0.2, 0.25) is 0 Å². The largest absolute Gasteiger partial charge is 0.364 e. The van der Waals surface area contributed by atoms with Gasteiger partial charge in [0.1, 0.15) is 12.0 Å². The second-order valence-electron chi connectivity index (χ2n) is 2.96. The quantitative estimate of drug-likeness (QED) is 0.717. The lowest BCUT2D eigenvalue weighted by Crippen LogP contribution is -2.23. The minimum absolute atomic E-state index is 0.718. The van der Waals surface area contributed by atoms with E-state index in [1.807, 2.05) is 11.0 Å². The molecule has 0 aromatic carbocycles. The van der Waals surface area contributed by atoms with Gasteiger partial charge in [-0.15, -0.1) is 0 Å². The van der Waals surface area contributed by atoms with Crippen molar-refractivity contribution in [1.82, 2.24) is 10.1 Å². The molecule has 1 aliphatic heterocycles. The molecular weight excluding hydrogens is 154 g/mol. The maximum Gasteiger partial charge on any atom is 0.124 e. The van der Waals surface area contributed by atoms with Gasteiger partial charge in [-0.05, 0) is 6.42 Å². The standard InChI is InChI=1S/C8H11N3O/c9-8-2-1-4-11(8)6-7-3-5-12-10-7/h3,5,9H,1-2,4,6H2. The number of amidine groups is 1. The molecule has 4 heteroatoms. The molecule has 0 aliphatic carbocycles. The Hall–Kier alpha value is -1.32. The Balaban J connectivity index is 1.99. The first-order valence-corrected chi connectivity index (χ1v) is 4.08. The molecule has 4 nitrogen and oxygen atoms in total.